The molecule has 0 amide bonds. The molecule has 1 aromatic rings. The molecule has 1 saturated heterocycles. The fourth-order valence-electron chi connectivity index (χ4n) is 2.80. The van der Waals surface area contributed by atoms with Crippen LogP contribution in [-0.4, -0.2) is 25.8 Å². The fraction of sp³-hybridized carbons (Fsp3) is 0.538. The van der Waals surface area contributed by atoms with Crippen LogP contribution in [0.5, 0.6) is 5.75 Å². The summed E-state index contributed by atoms with van der Waals surface area (Å²) in [6, 6.07) is 3.23. The molecule has 2 heterocycles. The van der Waals surface area contributed by atoms with Gasteiger partial charge < -0.3 is 10.1 Å². The zero-order valence-corrected chi connectivity index (χ0v) is 10.4. The van der Waals surface area contributed by atoms with E-state index in [1.165, 1.54) is 13.2 Å². The van der Waals surface area contributed by atoms with Crippen molar-refractivity contribution >= 4 is 5.69 Å². The van der Waals surface area contributed by atoms with Crippen molar-refractivity contribution in [3.05, 3.63) is 23.5 Å². The van der Waals surface area contributed by atoms with Gasteiger partial charge in [0.2, 0.25) is 0 Å². The first-order valence-electron chi connectivity index (χ1n) is 6.24. The molecule has 5 heteroatoms. The lowest BCUT2D eigenvalue weighted by molar-refractivity contribution is 0.0598. The third-order valence-corrected chi connectivity index (χ3v) is 3.72. The van der Waals surface area contributed by atoms with Gasteiger partial charge in [-0.3, -0.25) is 10.3 Å². The molecule has 0 saturated carbocycles. The molecule has 0 unspecified atom stereocenters. The van der Waals surface area contributed by atoms with Crippen LogP contribution in [0.15, 0.2) is 12.1 Å². The van der Waals surface area contributed by atoms with Crippen LogP contribution in [0.1, 0.15) is 18.4 Å². The van der Waals surface area contributed by atoms with Crippen molar-refractivity contribution in [1.29, 1.82) is 0 Å². The third kappa shape index (κ3) is 1.93. The number of fused-ring (bicyclic) bond motifs is 1. The Labute approximate surface area is 105 Å². The fourth-order valence-corrected chi connectivity index (χ4v) is 2.80. The summed E-state index contributed by atoms with van der Waals surface area (Å²) in [5.41, 5.74) is 3.84. The molecule has 3 rings (SSSR count). The van der Waals surface area contributed by atoms with E-state index in [0.29, 0.717) is 11.4 Å². The van der Waals surface area contributed by atoms with E-state index in [-0.39, 0.29) is 11.4 Å². The van der Waals surface area contributed by atoms with E-state index in [1.807, 2.05) is 0 Å². The summed E-state index contributed by atoms with van der Waals surface area (Å²) in [7, 11) is 1.47. The summed E-state index contributed by atoms with van der Waals surface area (Å²) in [5.74, 6) is 0.331. The molecule has 18 heavy (non-hydrogen) atoms. The van der Waals surface area contributed by atoms with E-state index < -0.39 is 0 Å². The molecule has 1 aromatic carbocycles. The van der Waals surface area contributed by atoms with Crippen LogP contribution in [0.4, 0.5) is 10.1 Å². The lowest BCUT2D eigenvalue weighted by Crippen LogP contribution is -2.45. The van der Waals surface area contributed by atoms with E-state index in [4.69, 9.17) is 9.57 Å². The van der Waals surface area contributed by atoms with Crippen molar-refractivity contribution in [2.75, 3.05) is 25.7 Å². The maximum Gasteiger partial charge on any atom is 0.152 e. The van der Waals surface area contributed by atoms with Gasteiger partial charge in [0.25, 0.3) is 0 Å². The van der Waals surface area contributed by atoms with Crippen LogP contribution in [0.2, 0.25) is 0 Å². The van der Waals surface area contributed by atoms with Gasteiger partial charge in [-0.25, -0.2) is 4.39 Å². The molecule has 2 N–H and O–H groups in total. The molecule has 0 atom stereocenters. The number of piperidine rings is 1. The summed E-state index contributed by atoms with van der Waals surface area (Å²) in [5, 5.41) is 3.32. The number of anilines is 1. The molecule has 1 fully saturated rings. The molecule has 2 aliphatic heterocycles. The van der Waals surface area contributed by atoms with Gasteiger partial charge in [-0.1, -0.05) is 0 Å². The van der Waals surface area contributed by atoms with Crippen LogP contribution in [0, 0.1) is 5.82 Å². The van der Waals surface area contributed by atoms with Gasteiger partial charge in [0.1, 0.15) is 11.4 Å². The van der Waals surface area contributed by atoms with Crippen molar-refractivity contribution in [3.8, 4) is 5.75 Å². The summed E-state index contributed by atoms with van der Waals surface area (Å²) in [6.07, 6.45) is 2.79. The van der Waals surface area contributed by atoms with Gasteiger partial charge >= 0.3 is 0 Å². The number of hydrogen-bond acceptors (Lipinski definition) is 4. The summed E-state index contributed by atoms with van der Waals surface area (Å²) in [4.78, 5) is 4.76. The second kappa shape index (κ2) is 4.40. The van der Waals surface area contributed by atoms with Crippen LogP contribution >= 0.6 is 0 Å². The summed E-state index contributed by atoms with van der Waals surface area (Å²) < 4.78 is 19.8. The van der Waals surface area contributed by atoms with Crippen molar-refractivity contribution < 1.29 is 14.0 Å². The molecular formula is C13H17FN2O2. The zero-order chi connectivity index (χ0) is 12.6. The Kier molecular flexibility index (Phi) is 2.87. The maximum absolute atomic E-state index is 13.8. The number of benzene rings is 1. The van der Waals surface area contributed by atoms with Crippen LogP contribution < -0.4 is 15.5 Å². The SMILES string of the molecule is CONc1cc2c(cc1F)OC1(CCNCC1)C2. The Morgan fingerprint density at radius 2 is 2.17 bits per heavy atom. The highest BCUT2D eigenvalue weighted by Gasteiger charge is 2.40. The molecule has 1 spiro atoms. The van der Waals surface area contributed by atoms with Gasteiger partial charge in [0, 0.05) is 18.1 Å². The summed E-state index contributed by atoms with van der Waals surface area (Å²) in [6.45, 7) is 1.92. The van der Waals surface area contributed by atoms with Crippen molar-refractivity contribution in [2.24, 2.45) is 0 Å². The van der Waals surface area contributed by atoms with Crippen molar-refractivity contribution in [2.45, 2.75) is 24.9 Å². The first kappa shape index (κ1) is 11.7. The maximum atomic E-state index is 13.8. The van der Waals surface area contributed by atoms with Crippen molar-refractivity contribution in [1.82, 2.24) is 5.32 Å². The largest absolute Gasteiger partial charge is 0.486 e. The standard InChI is InChI=1S/C13H17FN2O2/c1-17-16-11-6-9-8-13(2-4-15-5-3-13)18-12(9)7-10(11)14/h6-7,15-16H,2-5,8H2,1H3. The van der Waals surface area contributed by atoms with Crippen LogP contribution in [0.3, 0.4) is 0 Å². The molecular weight excluding hydrogens is 235 g/mol. The Bertz CT molecular complexity index is 459. The normalized spacial score (nSPS) is 20.6. The quantitative estimate of drug-likeness (QED) is 0.788. The van der Waals surface area contributed by atoms with E-state index in [1.54, 1.807) is 6.07 Å². The molecule has 98 valence electrons. The second-order valence-electron chi connectivity index (χ2n) is 4.96. The number of nitrogens with one attached hydrogen (secondary N) is 2. The molecule has 2 aliphatic rings. The second-order valence-corrected chi connectivity index (χ2v) is 4.96. The van der Waals surface area contributed by atoms with E-state index in [9.17, 15) is 4.39 Å². The number of rotatable bonds is 2. The Hall–Kier alpha value is -1.33. The zero-order valence-electron chi connectivity index (χ0n) is 10.4. The lowest BCUT2D eigenvalue weighted by Gasteiger charge is -2.33. The lowest BCUT2D eigenvalue weighted by atomic mass is 9.88. The Morgan fingerprint density at radius 1 is 1.39 bits per heavy atom. The topological polar surface area (TPSA) is 42.5 Å². The highest BCUT2D eigenvalue weighted by molar-refractivity contribution is 5.53. The minimum Gasteiger partial charge on any atom is -0.486 e. The first-order valence-corrected chi connectivity index (χ1v) is 6.24. The number of ether oxygens (including phenoxy) is 1. The predicted octanol–water partition coefficient (Wildman–Crippen LogP) is 1.86. The Morgan fingerprint density at radius 3 is 2.89 bits per heavy atom. The average Bonchev–Trinajstić information content (AvgIpc) is 2.67. The van der Waals surface area contributed by atoms with E-state index >= 15 is 0 Å². The number of hydrogen-bond donors (Lipinski definition) is 2. The molecule has 0 aromatic heterocycles. The highest BCUT2D eigenvalue weighted by Crippen LogP contribution is 2.41. The van der Waals surface area contributed by atoms with Crippen molar-refractivity contribution in [3.63, 3.8) is 0 Å². The van der Waals surface area contributed by atoms with Gasteiger partial charge in [-0.05, 0) is 32.0 Å². The third-order valence-electron chi connectivity index (χ3n) is 3.72. The average molecular weight is 252 g/mol. The Balaban J connectivity index is 1.88. The van der Waals surface area contributed by atoms with Crippen LogP contribution in [-0.2, 0) is 11.3 Å². The van der Waals surface area contributed by atoms with Gasteiger partial charge in [-0.2, -0.15) is 0 Å². The molecule has 0 bridgehead atoms. The van der Waals surface area contributed by atoms with Crippen LogP contribution in [0.25, 0.3) is 0 Å². The minimum atomic E-state index is -0.346. The molecule has 0 aliphatic carbocycles. The highest BCUT2D eigenvalue weighted by atomic mass is 19.1. The number of halogens is 1. The summed E-state index contributed by atoms with van der Waals surface area (Å²) >= 11 is 0. The first-order chi connectivity index (χ1) is 8.72. The van der Waals surface area contributed by atoms with Gasteiger partial charge in [0.15, 0.2) is 5.82 Å². The minimum absolute atomic E-state index is 0.133. The van der Waals surface area contributed by atoms with E-state index in [0.717, 1.165) is 37.9 Å². The monoisotopic (exact) mass is 252 g/mol. The van der Waals surface area contributed by atoms with Gasteiger partial charge in [-0.15, -0.1) is 0 Å². The molecule has 4 nitrogen and oxygen atoms in total. The van der Waals surface area contributed by atoms with E-state index in [2.05, 4.69) is 10.8 Å². The molecule has 0 radical (unpaired) electrons. The smallest absolute Gasteiger partial charge is 0.152 e. The predicted molar refractivity (Wildman–Crippen MR) is 66.2 cm³/mol. The van der Waals surface area contributed by atoms with Gasteiger partial charge in [0.05, 0.1) is 12.8 Å².